The summed E-state index contributed by atoms with van der Waals surface area (Å²) in [6.45, 7) is 3.51. The molecule has 0 radical (unpaired) electrons. The molecule has 0 aliphatic rings. The van der Waals surface area contributed by atoms with Crippen LogP contribution in [0.3, 0.4) is 0 Å². The van der Waals surface area contributed by atoms with E-state index in [0.717, 1.165) is 25.8 Å². The van der Waals surface area contributed by atoms with Gasteiger partial charge in [-0.05, 0) is 50.4 Å². The van der Waals surface area contributed by atoms with Gasteiger partial charge in [-0.25, -0.2) is 0 Å². The van der Waals surface area contributed by atoms with E-state index in [2.05, 4.69) is 55.5 Å². The molecule has 1 aromatic rings. The third-order valence-corrected chi connectivity index (χ3v) is 3.19. The highest BCUT2D eigenvalue weighted by molar-refractivity contribution is 5.46. The number of unbranched alkanes of at least 4 members (excludes halogenated alkanes) is 2. The van der Waals surface area contributed by atoms with Gasteiger partial charge in [0.05, 0.1) is 0 Å². The minimum absolute atomic E-state index is 0.307. The van der Waals surface area contributed by atoms with Crippen molar-refractivity contribution in [2.45, 2.75) is 32.2 Å². The van der Waals surface area contributed by atoms with E-state index in [9.17, 15) is 0 Å². The molecule has 0 aliphatic carbocycles. The highest BCUT2D eigenvalue weighted by atomic mass is 16.2. The maximum absolute atomic E-state index is 8.70. The lowest BCUT2D eigenvalue weighted by Crippen LogP contribution is -2.20. The standard InChI is InChI=1S/C15H26N2O/c1-13(16-11-5-4-6-12-18)14-7-9-15(10-8-14)17(2)3/h7-10,13,16,18H,4-6,11-12H2,1-3H3. The second-order valence-electron chi connectivity index (χ2n) is 4.95. The van der Waals surface area contributed by atoms with Crippen LogP contribution in [0.15, 0.2) is 24.3 Å². The van der Waals surface area contributed by atoms with E-state index in [1.54, 1.807) is 0 Å². The fourth-order valence-electron chi connectivity index (χ4n) is 1.91. The largest absolute Gasteiger partial charge is 0.396 e. The van der Waals surface area contributed by atoms with Crippen molar-refractivity contribution in [3.8, 4) is 0 Å². The number of nitrogens with one attached hydrogen (secondary N) is 1. The van der Waals surface area contributed by atoms with Gasteiger partial charge >= 0.3 is 0 Å². The van der Waals surface area contributed by atoms with Crippen molar-refractivity contribution in [2.24, 2.45) is 0 Å². The Balaban J connectivity index is 2.34. The third-order valence-electron chi connectivity index (χ3n) is 3.19. The van der Waals surface area contributed by atoms with E-state index < -0.39 is 0 Å². The van der Waals surface area contributed by atoms with Gasteiger partial charge in [0.25, 0.3) is 0 Å². The summed E-state index contributed by atoms with van der Waals surface area (Å²) < 4.78 is 0. The van der Waals surface area contributed by atoms with E-state index in [4.69, 9.17) is 5.11 Å². The van der Waals surface area contributed by atoms with Crippen LogP contribution in [0, 0.1) is 0 Å². The second-order valence-corrected chi connectivity index (χ2v) is 4.95. The number of anilines is 1. The van der Waals surface area contributed by atoms with E-state index in [-0.39, 0.29) is 0 Å². The zero-order valence-corrected chi connectivity index (χ0v) is 11.8. The summed E-state index contributed by atoms with van der Waals surface area (Å²) in [6.07, 6.45) is 3.13. The summed E-state index contributed by atoms with van der Waals surface area (Å²) in [6, 6.07) is 9.05. The first-order chi connectivity index (χ1) is 8.65. The Labute approximate surface area is 111 Å². The Bertz CT molecular complexity index is 322. The molecule has 0 saturated heterocycles. The van der Waals surface area contributed by atoms with E-state index in [0.29, 0.717) is 12.6 Å². The minimum atomic E-state index is 0.307. The molecule has 0 fully saturated rings. The lowest BCUT2D eigenvalue weighted by molar-refractivity contribution is 0.282. The van der Waals surface area contributed by atoms with E-state index >= 15 is 0 Å². The summed E-state index contributed by atoms with van der Waals surface area (Å²) in [5.41, 5.74) is 2.55. The molecule has 1 rings (SSSR count). The molecule has 3 heteroatoms. The van der Waals surface area contributed by atoms with E-state index in [1.165, 1.54) is 11.3 Å². The van der Waals surface area contributed by atoms with Gasteiger partial charge in [0.15, 0.2) is 0 Å². The molecule has 1 atom stereocenters. The highest BCUT2D eigenvalue weighted by Gasteiger charge is 2.04. The fraction of sp³-hybridized carbons (Fsp3) is 0.600. The molecule has 0 bridgehead atoms. The molecule has 0 amide bonds. The number of aliphatic hydroxyl groups is 1. The first-order valence-electron chi connectivity index (χ1n) is 6.76. The van der Waals surface area contributed by atoms with Gasteiger partial charge in [0.2, 0.25) is 0 Å². The topological polar surface area (TPSA) is 35.5 Å². The quantitative estimate of drug-likeness (QED) is 0.696. The Morgan fingerprint density at radius 2 is 1.78 bits per heavy atom. The number of hydrogen-bond donors (Lipinski definition) is 2. The SMILES string of the molecule is CC(NCCCCCO)c1ccc(N(C)C)cc1. The molecule has 0 heterocycles. The predicted octanol–water partition coefficient (Wildman–Crippen LogP) is 2.57. The zero-order chi connectivity index (χ0) is 13.4. The Morgan fingerprint density at radius 3 is 2.33 bits per heavy atom. The lowest BCUT2D eigenvalue weighted by atomic mass is 10.1. The highest BCUT2D eigenvalue weighted by Crippen LogP contribution is 2.17. The van der Waals surface area contributed by atoms with Crippen molar-refractivity contribution < 1.29 is 5.11 Å². The number of nitrogens with zero attached hydrogens (tertiary/aromatic N) is 1. The molecule has 0 saturated carbocycles. The predicted molar refractivity (Wildman–Crippen MR) is 78.1 cm³/mol. The van der Waals surface area contributed by atoms with Crippen LogP contribution in [0.2, 0.25) is 0 Å². The van der Waals surface area contributed by atoms with Crippen molar-refractivity contribution >= 4 is 5.69 Å². The molecule has 0 aliphatic heterocycles. The van der Waals surface area contributed by atoms with Crippen molar-refractivity contribution in [1.29, 1.82) is 0 Å². The number of aliphatic hydroxyl groups excluding tert-OH is 1. The van der Waals surface area contributed by atoms with Crippen LogP contribution >= 0.6 is 0 Å². The Hall–Kier alpha value is -1.06. The molecule has 0 spiro atoms. The van der Waals surface area contributed by atoms with Crippen LogP contribution < -0.4 is 10.2 Å². The summed E-state index contributed by atoms with van der Waals surface area (Å²) in [7, 11) is 4.11. The van der Waals surface area contributed by atoms with Crippen LogP contribution in [0.4, 0.5) is 5.69 Å². The molecule has 102 valence electrons. The molecule has 0 aromatic heterocycles. The van der Waals surface area contributed by atoms with Gasteiger partial charge in [0.1, 0.15) is 0 Å². The average molecular weight is 250 g/mol. The van der Waals surface area contributed by atoms with Gasteiger partial charge in [-0.1, -0.05) is 12.1 Å². The van der Waals surface area contributed by atoms with Crippen LogP contribution in [-0.2, 0) is 0 Å². The van der Waals surface area contributed by atoms with Crippen molar-refractivity contribution in [1.82, 2.24) is 5.32 Å². The zero-order valence-electron chi connectivity index (χ0n) is 11.8. The fourth-order valence-corrected chi connectivity index (χ4v) is 1.91. The van der Waals surface area contributed by atoms with Crippen molar-refractivity contribution in [3.05, 3.63) is 29.8 Å². The number of benzene rings is 1. The van der Waals surface area contributed by atoms with E-state index in [1.807, 2.05) is 0 Å². The molecule has 1 aromatic carbocycles. The van der Waals surface area contributed by atoms with Gasteiger partial charge in [-0.2, -0.15) is 0 Å². The second kappa shape index (κ2) is 8.11. The van der Waals surface area contributed by atoms with Crippen molar-refractivity contribution in [3.63, 3.8) is 0 Å². The van der Waals surface area contributed by atoms with Gasteiger partial charge in [0, 0.05) is 32.4 Å². The van der Waals surface area contributed by atoms with Gasteiger partial charge in [-0.3, -0.25) is 0 Å². The van der Waals surface area contributed by atoms with Crippen LogP contribution in [-0.4, -0.2) is 32.4 Å². The summed E-state index contributed by atoms with van der Waals surface area (Å²) in [4.78, 5) is 2.11. The summed E-state index contributed by atoms with van der Waals surface area (Å²) >= 11 is 0. The molecule has 1 unspecified atom stereocenters. The van der Waals surface area contributed by atoms with Gasteiger partial charge < -0.3 is 15.3 Å². The van der Waals surface area contributed by atoms with Crippen LogP contribution in [0.1, 0.15) is 37.8 Å². The maximum atomic E-state index is 8.70. The summed E-state index contributed by atoms with van der Waals surface area (Å²) in [5.74, 6) is 0. The average Bonchev–Trinajstić information content (AvgIpc) is 2.38. The lowest BCUT2D eigenvalue weighted by Gasteiger charge is -2.17. The first-order valence-corrected chi connectivity index (χ1v) is 6.76. The number of hydrogen-bond acceptors (Lipinski definition) is 3. The normalized spacial score (nSPS) is 12.4. The molecule has 3 nitrogen and oxygen atoms in total. The Kier molecular flexibility index (Phi) is 6.76. The van der Waals surface area contributed by atoms with Crippen molar-refractivity contribution in [2.75, 3.05) is 32.1 Å². The monoisotopic (exact) mass is 250 g/mol. The molecular weight excluding hydrogens is 224 g/mol. The van der Waals surface area contributed by atoms with Crippen LogP contribution in [0.5, 0.6) is 0 Å². The van der Waals surface area contributed by atoms with Crippen LogP contribution in [0.25, 0.3) is 0 Å². The van der Waals surface area contributed by atoms with Gasteiger partial charge in [-0.15, -0.1) is 0 Å². The molecular formula is C15H26N2O. The maximum Gasteiger partial charge on any atom is 0.0431 e. The third kappa shape index (κ3) is 5.07. The molecule has 18 heavy (non-hydrogen) atoms. The minimum Gasteiger partial charge on any atom is -0.396 e. The smallest absolute Gasteiger partial charge is 0.0431 e. The number of rotatable bonds is 8. The Morgan fingerprint density at radius 1 is 1.11 bits per heavy atom. The summed E-state index contributed by atoms with van der Waals surface area (Å²) in [5, 5.41) is 12.2. The molecule has 2 N–H and O–H groups in total. The first kappa shape index (κ1) is 15.0.